The van der Waals surface area contributed by atoms with Crippen LogP contribution in [-0.4, -0.2) is 104 Å². The van der Waals surface area contributed by atoms with Crippen LogP contribution in [0.15, 0.2) is 0 Å². The number of hydrogen-bond acceptors (Lipinski definition) is 11. The number of aliphatic hydroxyl groups is 6. The van der Waals surface area contributed by atoms with Crippen LogP contribution in [0.1, 0.15) is 127 Å². The first-order valence-corrected chi connectivity index (χ1v) is 20.9. The fourth-order valence-electron chi connectivity index (χ4n) is 14.6. The maximum absolute atomic E-state index is 14.6. The maximum Gasteiger partial charge on any atom is 0.314 e. The van der Waals surface area contributed by atoms with E-state index >= 15 is 0 Å². The van der Waals surface area contributed by atoms with Crippen molar-refractivity contribution in [2.24, 2.45) is 62.6 Å². The van der Waals surface area contributed by atoms with Crippen LogP contribution in [-0.2, 0) is 23.7 Å². The molecule has 20 atom stereocenters. The summed E-state index contributed by atoms with van der Waals surface area (Å²) >= 11 is 0. The average Bonchev–Trinajstić information content (AvgIpc) is 3.50. The van der Waals surface area contributed by atoms with Gasteiger partial charge in [-0.2, -0.15) is 0 Å². The second kappa shape index (κ2) is 13.6. The zero-order valence-electron chi connectivity index (χ0n) is 33.6. The van der Waals surface area contributed by atoms with Gasteiger partial charge in [-0.25, -0.2) is 0 Å². The van der Waals surface area contributed by atoms with E-state index in [1.807, 2.05) is 0 Å². The SMILES string of the molecule is CC(C)[C@@H]1CC[C@]2(C(=O)O[C@@H]3O[C@@H](C)[C@H](O)[C@@H](O)[C@H]3O)CC[C@]3(C)[C@H](CC[C@@H]4[C@@]5(C)CC[C@H](O[C@@H]6O[C@@H](C)[C@H](O)[C@@H](O)[C@H]6O)C(C)(C)[C@@H]5CC[C@]43C)[C@@H]12. The summed E-state index contributed by atoms with van der Waals surface area (Å²) in [5, 5.41) is 63.1. The zero-order chi connectivity index (χ0) is 38.8. The van der Waals surface area contributed by atoms with Gasteiger partial charge in [0.05, 0.1) is 23.7 Å². The molecule has 6 N–H and O–H groups in total. The lowest BCUT2D eigenvalue weighted by Gasteiger charge is -2.73. The Bertz CT molecular complexity index is 1370. The van der Waals surface area contributed by atoms with Crippen LogP contribution in [0.4, 0.5) is 0 Å². The van der Waals surface area contributed by atoms with Crippen LogP contribution in [0.25, 0.3) is 0 Å². The number of ether oxygens (including phenoxy) is 4. The molecule has 53 heavy (non-hydrogen) atoms. The number of rotatable bonds is 5. The largest absolute Gasteiger partial charge is 0.432 e. The van der Waals surface area contributed by atoms with Crippen molar-refractivity contribution in [2.75, 3.05) is 0 Å². The third kappa shape index (κ3) is 5.77. The number of carbonyl (C=O) groups is 1. The molecule has 7 aliphatic rings. The summed E-state index contributed by atoms with van der Waals surface area (Å²) in [6.45, 7) is 20.1. The maximum atomic E-state index is 14.6. The van der Waals surface area contributed by atoms with Gasteiger partial charge in [0, 0.05) is 0 Å². The first-order valence-electron chi connectivity index (χ1n) is 20.9. The Morgan fingerprint density at radius 2 is 1.25 bits per heavy atom. The highest BCUT2D eigenvalue weighted by Gasteiger charge is 2.72. The lowest BCUT2D eigenvalue weighted by atomic mass is 9.32. The summed E-state index contributed by atoms with van der Waals surface area (Å²) in [5.74, 6) is 1.80. The Labute approximate surface area is 316 Å². The molecular weight excluding hydrogens is 680 g/mol. The molecule has 0 aromatic carbocycles. The Balaban J connectivity index is 1.14. The lowest BCUT2D eigenvalue weighted by Crippen LogP contribution is -2.68. The predicted molar refractivity (Wildman–Crippen MR) is 195 cm³/mol. The number of carbonyl (C=O) groups excluding carboxylic acids is 1. The molecule has 2 heterocycles. The molecule has 2 saturated heterocycles. The summed E-state index contributed by atoms with van der Waals surface area (Å²) in [6.07, 6.45) is -2.51. The van der Waals surface area contributed by atoms with E-state index in [1.54, 1.807) is 13.8 Å². The molecule has 5 saturated carbocycles. The highest BCUT2D eigenvalue weighted by atomic mass is 16.7. The third-order valence-electron chi connectivity index (χ3n) is 17.8. The first kappa shape index (κ1) is 40.3. The van der Waals surface area contributed by atoms with Crippen LogP contribution in [0, 0.1) is 62.6 Å². The minimum atomic E-state index is -1.52. The number of fused-ring (bicyclic) bond motifs is 7. The number of esters is 1. The molecule has 11 heteroatoms. The van der Waals surface area contributed by atoms with Gasteiger partial charge in [-0.3, -0.25) is 4.79 Å². The van der Waals surface area contributed by atoms with E-state index in [-0.39, 0.29) is 39.7 Å². The van der Waals surface area contributed by atoms with Gasteiger partial charge in [-0.1, -0.05) is 48.5 Å². The van der Waals surface area contributed by atoms with E-state index in [0.717, 1.165) is 64.2 Å². The minimum Gasteiger partial charge on any atom is -0.432 e. The topological polar surface area (TPSA) is 175 Å². The Hall–Kier alpha value is -0.890. The second-order valence-corrected chi connectivity index (χ2v) is 20.5. The second-order valence-electron chi connectivity index (χ2n) is 20.5. The standard InChI is InChI=1S/C42H70O11/c1-20(2)23-12-17-42(37(49)53-36-34(48)32(46)30(44)22(4)51-36)19-18-40(8)24(28(23)42)10-11-26-39(7)15-14-27(38(5,6)25(39)13-16-41(26,40)9)52-35-33(47)31(45)29(43)21(3)50-35/h20-36,43-48H,10-19H2,1-9H3/t21-,22-,23-,24+,25-,26+,27-,28+,29-,30-,31+,32+,33+,34+,35-,36-,39-,40+,41+,42-/m0/s1. The molecule has 7 rings (SSSR count). The van der Waals surface area contributed by atoms with Crippen molar-refractivity contribution < 1.29 is 54.4 Å². The van der Waals surface area contributed by atoms with Gasteiger partial charge in [0.1, 0.15) is 36.6 Å². The van der Waals surface area contributed by atoms with Crippen LogP contribution < -0.4 is 0 Å². The molecule has 304 valence electrons. The van der Waals surface area contributed by atoms with Crippen molar-refractivity contribution >= 4 is 5.97 Å². The molecule has 0 aromatic heterocycles. The molecule has 5 aliphatic carbocycles. The number of hydrogen-bond donors (Lipinski definition) is 6. The monoisotopic (exact) mass is 750 g/mol. The van der Waals surface area contributed by atoms with Crippen molar-refractivity contribution in [2.45, 2.75) is 194 Å². The molecule has 11 nitrogen and oxygen atoms in total. The van der Waals surface area contributed by atoms with Gasteiger partial charge in [0.25, 0.3) is 0 Å². The predicted octanol–water partition coefficient (Wildman–Crippen LogP) is 4.31. The summed E-state index contributed by atoms with van der Waals surface area (Å²) < 4.78 is 24.3. The molecule has 7 fully saturated rings. The summed E-state index contributed by atoms with van der Waals surface area (Å²) in [4.78, 5) is 14.6. The molecule has 0 radical (unpaired) electrons. The van der Waals surface area contributed by atoms with Crippen molar-refractivity contribution in [3.8, 4) is 0 Å². The van der Waals surface area contributed by atoms with Gasteiger partial charge in [0.2, 0.25) is 6.29 Å². The third-order valence-corrected chi connectivity index (χ3v) is 17.8. The number of aliphatic hydroxyl groups excluding tert-OH is 6. The van der Waals surface area contributed by atoms with Crippen LogP contribution in [0.2, 0.25) is 0 Å². The van der Waals surface area contributed by atoms with Crippen molar-refractivity contribution in [3.63, 3.8) is 0 Å². The highest BCUT2D eigenvalue weighted by molar-refractivity contribution is 5.78. The Morgan fingerprint density at radius 1 is 0.642 bits per heavy atom. The zero-order valence-corrected chi connectivity index (χ0v) is 33.6. The van der Waals surface area contributed by atoms with E-state index in [9.17, 15) is 35.4 Å². The summed E-state index contributed by atoms with van der Waals surface area (Å²) in [5.41, 5.74) is -0.762. The molecular formula is C42H70O11. The van der Waals surface area contributed by atoms with E-state index in [0.29, 0.717) is 29.6 Å². The van der Waals surface area contributed by atoms with Crippen LogP contribution >= 0.6 is 0 Å². The van der Waals surface area contributed by atoms with E-state index in [1.165, 1.54) is 0 Å². The Kier molecular flexibility index (Phi) is 10.4. The van der Waals surface area contributed by atoms with Crippen molar-refractivity contribution in [1.29, 1.82) is 0 Å². The average molecular weight is 751 g/mol. The van der Waals surface area contributed by atoms with Gasteiger partial charge >= 0.3 is 5.97 Å². The minimum absolute atomic E-state index is 0.0101. The molecule has 0 bridgehead atoms. The summed E-state index contributed by atoms with van der Waals surface area (Å²) in [7, 11) is 0. The van der Waals surface area contributed by atoms with Crippen LogP contribution in [0.3, 0.4) is 0 Å². The fraction of sp³-hybridized carbons (Fsp3) is 0.976. The molecule has 0 aromatic rings. The van der Waals surface area contributed by atoms with Gasteiger partial charge in [0.15, 0.2) is 6.29 Å². The van der Waals surface area contributed by atoms with E-state index < -0.39 is 66.8 Å². The fourth-order valence-corrected chi connectivity index (χ4v) is 14.6. The quantitative estimate of drug-likeness (QED) is 0.175. The lowest BCUT2D eigenvalue weighted by molar-refractivity contribution is -0.326. The normalized spacial score (nSPS) is 56.5. The van der Waals surface area contributed by atoms with E-state index in [4.69, 9.17) is 18.9 Å². The van der Waals surface area contributed by atoms with Gasteiger partial charge < -0.3 is 49.6 Å². The van der Waals surface area contributed by atoms with Gasteiger partial charge in [-0.15, -0.1) is 0 Å². The Morgan fingerprint density at radius 3 is 1.87 bits per heavy atom. The van der Waals surface area contributed by atoms with Crippen molar-refractivity contribution in [3.05, 3.63) is 0 Å². The molecule has 0 spiro atoms. The van der Waals surface area contributed by atoms with E-state index in [2.05, 4.69) is 48.5 Å². The summed E-state index contributed by atoms with van der Waals surface area (Å²) in [6, 6.07) is 0. The molecule has 2 aliphatic heterocycles. The molecule has 0 amide bonds. The molecule has 0 unspecified atom stereocenters. The van der Waals surface area contributed by atoms with Gasteiger partial charge in [-0.05, 0) is 135 Å². The van der Waals surface area contributed by atoms with Crippen LogP contribution in [0.5, 0.6) is 0 Å². The highest BCUT2D eigenvalue weighted by Crippen LogP contribution is 2.77. The van der Waals surface area contributed by atoms with Crippen molar-refractivity contribution in [1.82, 2.24) is 0 Å². The smallest absolute Gasteiger partial charge is 0.314 e. The first-order chi connectivity index (χ1) is 24.7.